The van der Waals surface area contributed by atoms with Crippen molar-refractivity contribution in [2.45, 2.75) is 63.0 Å². The van der Waals surface area contributed by atoms with Crippen LogP contribution >= 0.6 is 36.1 Å². The molecule has 2 fully saturated rings. The third-order valence-electron chi connectivity index (χ3n) is 6.34. The molecule has 0 aromatic heterocycles. The summed E-state index contributed by atoms with van der Waals surface area (Å²) in [5.41, 5.74) is 5.56. The Labute approximate surface area is 262 Å². The molecule has 7 atom stereocenters. The number of amides is 5. The van der Waals surface area contributed by atoms with Crippen molar-refractivity contribution in [3.8, 4) is 0 Å². The lowest BCUT2D eigenvalue weighted by Gasteiger charge is -2.35. The lowest BCUT2D eigenvalue weighted by molar-refractivity contribution is -0.134. The third kappa shape index (κ3) is 14.4. The molecule has 0 aliphatic carbocycles. The maximum Gasteiger partial charge on any atom is 0.490 e. The topological polar surface area (TPSA) is 323 Å². The van der Waals surface area contributed by atoms with Gasteiger partial charge in [-0.25, -0.2) is 18.5 Å². The predicted molar refractivity (Wildman–Crippen MR) is 154 cm³/mol. The van der Waals surface area contributed by atoms with E-state index >= 15 is 0 Å². The molecule has 45 heavy (non-hydrogen) atoms. The van der Waals surface area contributed by atoms with E-state index in [1.54, 1.807) is 0 Å². The number of imide groups is 1. The first kappa shape index (κ1) is 39.7. The molecule has 0 aromatic carbocycles. The summed E-state index contributed by atoms with van der Waals surface area (Å²) in [6.45, 7) is -0.405. The Morgan fingerprint density at radius 1 is 1.04 bits per heavy atom. The van der Waals surface area contributed by atoms with E-state index in [0.29, 0.717) is 19.5 Å². The summed E-state index contributed by atoms with van der Waals surface area (Å²) in [6, 6.07) is -1.55. The molecule has 25 heteroatoms. The molecule has 0 radical (unpaired) electrons. The summed E-state index contributed by atoms with van der Waals surface area (Å²) in [5, 5.41) is 17.8. The largest absolute Gasteiger partial charge is 0.490 e. The number of ether oxygens (including phenoxy) is 1. The highest BCUT2D eigenvalue weighted by Crippen LogP contribution is 2.66. The second-order valence-corrected chi connectivity index (χ2v) is 14.8. The summed E-state index contributed by atoms with van der Waals surface area (Å²) >= 11 is 3.96. The molecule has 260 valence electrons. The molecule has 2 aliphatic rings. The first-order chi connectivity index (χ1) is 20.8. The maximum absolute atomic E-state index is 12.5. The number of carbonyl (C=O) groups excluding carboxylic acids is 4. The smallest absolute Gasteiger partial charge is 0.390 e. The van der Waals surface area contributed by atoms with Crippen molar-refractivity contribution in [3.05, 3.63) is 0 Å². The van der Waals surface area contributed by atoms with Crippen LogP contribution in [0.1, 0.15) is 38.5 Å². The number of carbonyl (C=O) groups is 4. The van der Waals surface area contributed by atoms with Gasteiger partial charge >= 0.3 is 29.5 Å². The van der Waals surface area contributed by atoms with Crippen LogP contribution < -0.4 is 21.7 Å². The number of phosphoric acid groups is 3. The van der Waals surface area contributed by atoms with Gasteiger partial charge in [0.25, 0.3) is 0 Å². The first-order valence-electron chi connectivity index (χ1n) is 13.5. The van der Waals surface area contributed by atoms with Crippen molar-refractivity contribution in [3.63, 3.8) is 0 Å². The van der Waals surface area contributed by atoms with Crippen molar-refractivity contribution in [2.75, 3.05) is 32.0 Å². The van der Waals surface area contributed by atoms with Gasteiger partial charge in [0.15, 0.2) is 0 Å². The van der Waals surface area contributed by atoms with Crippen molar-refractivity contribution in [2.24, 2.45) is 11.7 Å². The van der Waals surface area contributed by atoms with Crippen molar-refractivity contribution >= 4 is 59.8 Å². The van der Waals surface area contributed by atoms with Crippen molar-refractivity contribution < 1.29 is 75.4 Å². The zero-order valence-electron chi connectivity index (χ0n) is 23.7. The quantitative estimate of drug-likeness (QED) is 0.0407. The van der Waals surface area contributed by atoms with E-state index in [9.17, 15) is 47.8 Å². The fraction of sp³-hybridized carbons (Fsp3) is 0.800. The Balaban J connectivity index is 1.77. The summed E-state index contributed by atoms with van der Waals surface area (Å²) in [5.74, 6) is -2.14. The van der Waals surface area contributed by atoms with Crippen LogP contribution in [0.3, 0.4) is 0 Å². The highest BCUT2D eigenvalue weighted by Gasteiger charge is 2.46. The number of rotatable bonds is 19. The van der Waals surface area contributed by atoms with Gasteiger partial charge in [-0.1, -0.05) is 12.8 Å². The number of unbranched alkanes of at least 4 members (excludes halogenated alkanes) is 3. The average molecular weight is 730 g/mol. The van der Waals surface area contributed by atoms with E-state index in [2.05, 4.69) is 41.7 Å². The minimum absolute atomic E-state index is 0.243. The van der Waals surface area contributed by atoms with Gasteiger partial charge < -0.3 is 45.8 Å². The Hall–Kier alpha value is -1.48. The van der Waals surface area contributed by atoms with E-state index < -0.39 is 78.3 Å². The lowest BCUT2D eigenvalue weighted by atomic mass is 10.0. The van der Waals surface area contributed by atoms with Crippen molar-refractivity contribution in [1.29, 1.82) is 0 Å². The molecule has 0 aromatic rings. The first-order valence-corrected chi connectivity index (χ1v) is 18.6. The van der Waals surface area contributed by atoms with E-state index in [4.69, 9.17) is 20.3 Å². The molecule has 2 rings (SSSR count). The van der Waals surface area contributed by atoms with Crippen LogP contribution in [-0.2, 0) is 46.0 Å². The number of hydrogen-bond donors (Lipinski definition) is 10. The van der Waals surface area contributed by atoms with Gasteiger partial charge in [0.1, 0.15) is 12.3 Å². The standard InChI is InChI=1S/C20H38N5O16P3S/c21-13(11-45)19(29)23-6-4-2-1-3-5-22-16(27)7-12-9-25(20(30)24-18(12)28)17-8-14(26)15(39-17)10-38-43(34,35)41-44(36,37)40-42(31,32)33/h12-15,17,26,45H,1-11,21H2,(H,22,27)(H,23,29)(H,34,35)(H,36,37)(H,24,28,30)(H2,31,32,33)/t12?,13-,14+,15-,17-/m1/s1. The summed E-state index contributed by atoms with van der Waals surface area (Å²) in [7, 11) is -16.8. The highest BCUT2D eigenvalue weighted by molar-refractivity contribution is 7.80. The summed E-state index contributed by atoms with van der Waals surface area (Å²) in [4.78, 5) is 85.8. The van der Waals surface area contributed by atoms with Crippen LogP contribution in [0.25, 0.3) is 0 Å². The predicted octanol–water partition coefficient (Wildman–Crippen LogP) is -1.59. The molecule has 21 nitrogen and oxygen atoms in total. The monoisotopic (exact) mass is 729 g/mol. The van der Waals surface area contributed by atoms with E-state index in [0.717, 1.165) is 24.2 Å². The molecule has 2 heterocycles. The molecule has 2 aliphatic heterocycles. The maximum atomic E-state index is 12.5. The normalized spacial score (nSPS) is 25.6. The van der Waals surface area contributed by atoms with Gasteiger partial charge in [-0.15, -0.1) is 0 Å². The van der Waals surface area contributed by atoms with Crippen LogP contribution in [-0.4, -0.2) is 110 Å². The second kappa shape index (κ2) is 17.6. The van der Waals surface area contributed by atoms with Crippen LogP contribution in [0.2, 0.25) is 0 Å². The number of aliphatic hydroxyl groups is 1. The molecule has 5 amide bonds. The third-order valence-corrected chi connectivity index (χ3v) is 10.5. The number of hydrogen-bond acceptors (Lipinski definition) is 14. The van der Waals surface area contributed by atoms with Gasteiger partial charge in [0, 0.05) is 38.2 Å². The van der Waals surface area contributed by atoms with E-state index in [1.165, 1.54) is 0 Å². The molecular weight excluding hydrogens is 691 g/mol. The molecule has 3 unspecified atom stereocenters. The van der Waals surface area contributed by atoms with E-state index in [1.807, 2.05) is 0 Å². The van der Waals surface area contributed by atoms with Crippen LogP contribution in [0.15, 0.2) is 0 Å². The Kier molecular flexibility index (Phi) is 15.5. The number of nitrogens with two attached hydrogens (primary N) is 1. The zero-order valence-corrected chi connectivity index (χ0v) is 27.3. The summed E-state index contributed by atoms with van der Waals surface area (Å²) < 4.78 is 51.3. The Morgan fingerprint density at radius 3 is 2.27 bits per heavy atom. The number of nitrogens with zero attached hydrogens (tertiary/aromatic N) is 1. The minimum atomic E-state index is -5.75. The molecule has 2 saturated heterocycles. The molecule has 10 N–H and O–H groups in total. The molecular formula is C20H38N5O16P3S. The summed E-state index contributed by atoms with van der Waals surface area (Å²) in [6.07, 6.45) is -1.56. The number of urea groups is 1. The van der Waals surface area contributed by atoms with Crippen LogP contribution in [0.5, 0.6) is 0 Å². The molecule has 0 spiro atoms. The van der Waals surface area contributed by atoms with Crippen LogP contribution in [0.4, 0.5) is 4.79 Å². The van der Waals surface area contributed by atoms with Gasteiger partial charge in [0.2, 0.25) is 17.7 Å². The van der Waals surface area contributed by atoms with Crippen molar-refractivity contribution in [1.82, 2.24) is 20.9 Å². The van der Waals surface area contributed by atoms with E-state index in [-0.39, 0.29) is 31.0 Å². The van der Waals surface area contributed by atoms with Gasteiger partial charge in [-0.05, 0) is 12.8 Å². The number of aliphatic hydroxyl groups excluding tert-OH is 1. The molecule has 0 saturated carbocycles. The number of nitrogens with one attached hydrogen (secondary N) is 3. The second-order valence-electron chi connectivity index (χ2n) is 10.0. The van der Waals surface area contributed by atoms with Crippen LogP contribution in [0, 0.1) is 5.92 Å². The van der Waals surface area contributed by atoms with Gasteiger partial charge in [0.05, 0.1) is 24.7 Å². The number of thiol groups is 1. The Bertz CT molecular complexity index is 1210. The van der Waals surface area contributed by atoms with Gasteiger partial charge in [-0.3, -0.25) is 29.1 Å². The fourth-order valence-electron chi connectivity index (χ4n) is 4.17. The van der Waals surface area contributed by atoms with Gasteiger partial charge in [-0.2, -0.15) is 21.3 Å². The zero-order chi connectivity index (χ0) is 34.0. The Morgan fingerprint density at radius 2 is 1.67 bits per heavy atom. The SMILES string of the molecule is N[C@H](CS)C(=O)NCCCCCCNC(=O)CC1CN([C@H]2C[C@H](O)[C@@H](COP(=O)(O)OP(=O)(O)OP(=O)(O)O)O2)C(=O)NC1=O. The fourth-order valence-corrected chi connectivity index (χ4v) is 7.37. The minimum Gasteiger partial charge on any atom is -0.390 e. The average Bonchev–Trinajstić information content (AvgIpc) is 3.27. The lowest BCUT2D eigenvalue weighted by Crippen LogP contribution is -2.58. The molecule has 0 bridgehead atoms. The number of phosphoric ester groups is 1. The highest BCUT2D eigenvalue weighted by atomic mass is 32.1.